The Hall–Kier alpha value is -1.23. The fraction of sp³-hybridized carbons (Fsp3) is 0. The van der Waals surface area contributed by atoms with Gasteiger partial charge < -0.3 is 5.84 Å². The first kappa shape index (κ1) is 9.03. The molecule has 2 nitrogen and oxygen atoms in total. The van der Waals surface area contributed by atoms with E-state index in [-0.39, 0.29) is 0 Å². The van der Waals surface area contributed by atoms with Gasteiger partial charge in [0.15, 0.2) is 0 Å². The lowest BCUT2D eigenvalue weighted by Gasteiger charge is -1.96. The Morgan fingerprint density at radius 3 is 2.53 bits per heavy atom. The molecular weight excluding hydrogens is 299 g/mol. The number of nitrogens with zero attached hydrogens (tertiary/aromatic N) is 1. The Kier molecular flexibility index (Phi) is 1.88. The van der Waals surface area contributed by atoms with E-state index in [1.165, 1.54) is 14.3 Å². The van der Waals surface area contributed by atoms with E-state index in [1.54, 1.807) is 4.68 Å². The highest BCUT2D eigenvalue weighted by Crippen LogP contribution is 2.27. The summed E-state index contributed by atoms with van der Waals surface area (Å²) in [5, 5.41) is 2.44. The number of benzene rings is 2. The van der Waals surface area contributed by atoms with E-state index in [1.807, 2.05) is 18.2 Å². The van der Waals surface area contributed by atoms with Gasteiger partial charge in [-0.1, -0.05) is 18.2 Å². The van der Waals surface area contributed by atoms with Crippen LogP contribution in [-0.4, -0.2) is 4.68 Å². The number of nitrogens with two attached hydrogens (primary N) is 1. The van der Waals surface area contributed by atoms with Crippen molar-refractivity contribution in [2.45, 2.75) is 0 Å². The normalized spacial score (nSPS) is 11.3. The van der Waals surface area contributed by atoms with Gasteiger partial charge in [0.1, 0.15) is 0 Å². The molecule has 0 aliphatic rings. The van der Waals surface area contributed by atoms with E-state index < -0.39 is 0 Å². The van der Waals surface area contributed by atoms with Crippen LogP contribution in [0, 0.1) is 3.57 Å². The van der Waals surface area contributed by atoms with Crippen LogP contribution in [0.5, 0.6) is 0 Å². The summed E-state index contributed by atoms with van der Waals surface area (Å²) in [6.45, 7) is 0. The van der Waals surface area contributed by atoms with Crippen LogP contribution in [0.15, 0.2) is 42.5 Å². The lowest BCUT2D eigenvalue weighted by molar-refractivity contribution is 1.12. The number of hydrogen-bond acceptors (Lipinski definition) is 1. The minimum Gasteiger partial charge on any atom is -0.339 e. The Labute approximate surface area is 101 Å². The van der Waals surface area contributed by atoms with Crippen LogP contribution < -0.4 is 5.84 Å². The molecule has 0 saturated heterocycles. The third kappa shape index (κ3) is 1.23. The van der Waals surface area contributed by atoms with Crippen molar-refractivity contribution in [1.29, 1.82) is 0 Å². The number of nitrogen functional groups attached to an aromatic ring is 1. The predicted octanol–water partition coefficient (Wildman–Crippen LogP) is 3.11. The Morgan fingerprint density at radius 1 is 0.933 bits per heavy atom. The summed E-state index contributed by atoms with van der Waals surface area (Å²) in [7, 11) is 0. The third-order valence-electron chi connectivity index (χ3n) is 2.67. The maximum atomic E-state index is 6.04. The molecule has 0 amide bonds. The molecule has 0 aliphatic heterocycles. The van der Waals surface area contributed by atoms with Gasteiger partial charge in [-0.2, -0.15) is 0 Å². The number of rotatable bonds is 0. The molecule has 1 aromatic heterocycles. The topological polar surface area (TPSA) is 30.9 Å². The number of hydrogen-bond donors (Lipinski definition) is 1. The zero-order valence-corrected chi connectivity index (χ0v) is 10.1. The summed E-state index contributed by atoms with van der Waals surface area (Å²) in [5.74, 6) is 6.04. The lowest BCUT2D eigenvalue weighted by atomic mass is 10.2. The molecule has 3 rings (SSSR count). The van der Waals surface area contributed by atoms with Gasteiger partial charge in [-0.15, -0.1) is 0 Å². The Balaban J connectivity index is 2.64. The highest BCUT2D eigenvalue weighted by molar-refractivity contribution is 14.1. The molecular formula is C12H9IN2. The van der Waals surface area contributed by atoms with E-state index in [0.717, 1.165) is 11.0 Å². The molecule has 0 radical (unpaired) electrons. The Bertz CT molecular complexity index is 655. The second-order valence-corrected chi connectivity index (χ2v) is 4.79. The second kappa shape index (κ2) is 3.13. The van der Waals surface area contributed by atoms with Crippen LogP contribution in [0.4, 0.5) is 0 Å². The molecule has 0 spiro atoms. The highest BCUT2D eigenvalue weighted by Gasteiger charge is 2.07. The average molecular weight is 308 g/mol. The van der Waals surface area contributed by atoms with Gasteiger partial charge >= 0.3 is 0 Å². The van der Waals surface area contributed by atoms with E-state index in [4.69, 9.17) is 5.84 Å². The quantitative estimate of drug-likeness (QED) is 0.502. The number of halogens is 1. The smallest absolute Gasteiger partial charge is 0.0704 e. The molecule has 0 atom stereocenters. The standard InChI is InChI=1S/C12H9IN2/c13-8-5-6-12-10(7-8)9-3-1-2-4-11(9)15(12)14/h1-7H,14H2. The third-order valence-corrected chi connectivity index (χ3v) is 3.34. The number of para-hydroxylation sites is 1. The van der Waals surface area contributed by atoms with E-state index in [2.05, 4.69) is 46.9 Å². The van der Waals surface area contributed by atoms with Crippen molar-refractivity contribution in [2.24, 2.45) is 0 Å². The van der Waals surface area contributed by atoms with E-state index >= 15 is 0 Å². The lowest BCUT2D eigenvalue weighted by Crippen LogP contribution is -2.06. The van der Waals surface area contributed by atoms with Crippen LogP contribution in [0.3, 0.4) is 0 Å². The van der Waals surface area contributed by atoms with Crippen molar-refractivity contribution < 1.29 is 0 Å². The van der Waals surface area contributed by atoms with Crippen LogP contribution >= 0.6 is 22.6 Å². The summed E-state index contributed by atoms with van der Waals surface area (Å²) < 4.78 is 2.98. The molecule has 3 heteroatoms. The van der Waals surface area contributed by atoms with Gasteiger partial charge in [-0.25, -0.2) is 0 Å². The second-order valence-electron chi connectivity index (χ2n) is 3.55. The van der Waals surface area contributed by atoms with Crippen LogP contribution in [0.2, 0.25) is 0 Å². The van der Waals surface area contributed by atoms with Crippen molar-refractivity contribution in [1.82, 2.24) is 4.68 Å². The summed E-state index contributed by atoms with van der Waals surface area (Å²) in [6, 6.07) is 14.5. The monoisotopic (exact) mass is 308 g/mol. The summed E-state index contributed by atoms with van der Waals surface area (Å²) >= 11 is 2.32. The number of fused-ring (bicyclic) bond motifs is 3. The molecule has 0 bridgehead atoms. The molecule has 1 heterocycles. The van der Waals surface area contributed by atoms with Crippen molar-refractivity contribution in [3.63, 3.8) is 0 Å². The van der Waals surface area contributed by atoms with Gasteiger partial charge in [0.2, 0.25) is 0 Å². The zero-order valence-electron chi connectivity index (χ0n) is 7.94. The molecule has 2 N–H and O–H groups in total. The first-order valence-corrected chi connectivity index (χ1v) is 5.79. The molecule has 3 aromatic rings. The molecule has 74 valence electrons. The fourth-order valence-corrected chi connectivity index (χ4v) is 2.47. The summed E-state index contributed by atoms with van der Waals surface area (Å²) in [5.41, 5.74) is 2.16. The SMILES string of the molecule is Nn1c2ccccc2c2cc(I)ccc21. The molecule has 0 fully saturated rings. The van der Waals surface area contributed by atoms with Gasteiger partial charge in [0, 0.05) is 14.3 Å². The minimum atomic E-state index is 1.08. The molecule has 15 heavy (non-hydrogen) atoms. The maximum absolute atomic E-state index is 6.04. The molecule has 0 aliphatic carbocycles. The Morgan fingerprint density at radius 2 is 1.67 bits per heavy atom. The maximum Gasteiger partial charge on any atom is 0.0704 e. The van der Waals surface area contributed by atoms with E-state index in [0.29, 0.717) is 0 Å². The van der Waals surface area contributed by atoms with Gasteiger partial charge in [0.05, 0.1) is 11.0 Å². The largest absolute Gasteiger partial charge is 0.339 e. The minimum absolute atomic E-state index is 1.08. The first-order valence-electron chi connectivity index (χ1n) is 4.71. The van der Waals surface area contributed by atoms with Crippen LogP contribution in [0.1, 0.15) is 0 Å². The summed E-state index contributed by atoms with van der Waals surface area (Å²) in [4.78, 5) is 0. The zero-order chi connectivity index (χ0) is 10.4. The first-order chi connectivity index (χ1) is 7.27. The van der Waals surface area contributed by atoms with Crippen molar-refractivity contribution in [3.05, 3.63) is 46.0 Å². The van der Waals surface area contributed by atoms with Gasteiger partial charge in [-0.3, -0.25) is 4.68 Å². The van der Waals surface area contributed by atoms with Gasteiger partial charge in [0.25, 0.3) is 0 Å². The summed E-state index contributed by atoms with van der Waals surface area (Å²) in [6.07, 6.45) is 0. The molecule has 0 saturated carbocycles. The number of aromatic nitrogens is 1. The van der Waals surface area contributed by atoms with Crippen LogP contribution in [0.25, 0.3) is 21.8 Å². The van der Waals surface area contributed by atoms with Crippen molar-refractivity contribution >= 4 is 44.4 Å². The fourth-order valence-electron chi connectivity index (χ4n) is 1.98. The van der Waals surface area contributed by atoms with Crippen LogP contribution in [-0.2, 0) is 0 Å². The van der Waals surface area contributed by atoms with Crippen molar-refractivity contribution in [3.8, 4) is 0 Å². The average Bonchev–Trinajstić information content (AvgIpc) is 2.54. The van der Waals surface area contributed by atoms with E-state index in [9.17, 15) is 0 Å². The molecule has 0 unspecified atom stereocenters. The predicted molar refractivity (Wildman–Crippen MR) is 72.3 cm³/mol. The van der Waals surface area contributed by atoms with Crippen molar-refractivity contribution in [2.75, 3.05) is 5.84 Å². The molecule has 2 aromatic carbocycles. The highest BCUT2D eigenvalue weighted by atomic mass is 127. The van der Waals surface area contributed by atoms with Gasteiger partial charge in [-0.05, 0) is 46.9 Å².